The van der Waals surface area contributed by atoms with Crippen LogP contribution in [0.1, 0.15) is 35.3 Å². The molecule has 0 unspecified atom stereocenters. The van der Waals surface area contributed by atoms with E-state index in [4.69, 9.17) is 0 Å². The van der Waals surface area contributed by atoms with Crippen LogP contribution in [0, 0.1) is 0 Å². The molecule has 1 aromatic carbocycles. The largest absolute Gasteiger partial charge is 0.357 e. The number of benzene rings is 1. The van der Waals surface area contributed by atoms with Crippen molar-refractivity contribution in [2.45, 2.75) is 31.7 Å². The fourth-order valence-electron chi connectivity index (χ4n) is 3.50. The number of aromatic amines is 1. The second-order valence-electron chi connectivity index (χ2n) is 7.39. The maximum Gasteiger partial charge on any atom is 0.267 e. The summed E-state index contributed by atoms with van der Waals surface area (Å²) < 4.78 is 24.6. The molecule has 2 aromatic rings. The van der Waals surface area contributed by atoms with E-state index >= 15 is 0 Å². The number of amides is 2. The van der Waals surface area contributed by atoms with Crippen LogP contribution in [0.2, 0.25) is 0 Å². The molecule has 0 atom stereocenters. The summed E-state index contributed by atoms with van der Waals surface area (Å²) in [6.45, 7) is 0.905. The van der Waals surface area contributed by atoms with E-state index in [1.165, 1.54) is 0 Å². The fraction of sp³-hybridized carbons (Fsp3) is 0.429. The number of sulfone groups is 1. The summed E-state index contributed by atoms with van der Waals surface area (Å²) in [7, 11) is -3.43. The van der Waals surface area contributed by atoms with E-state index in [9.17, 15) is 18.0 Å². The monoisotopic (exact) mass is 417 g/mol. The number of hydrogen-bond donors (Lipinski definition) is 2. The van der Waals surface area contributed by atoms with Crippen molar-refractivity contribution in [2.24, 2.45) is 0 Å². The molecule has 2 amide bonds. The first kappa shape index (κ1) is 21.1. The highest BCUT2D eigenvalue weighted by Gasteiger charge is 2.27. The molecule has 1 saturated heterocycles. The van der Waals surface area contributed by atoms with Gasteiger partial charge in [-0.15, -0.1) is 0 Å². The Morgan fingerprint density at radius 1 is 1.07 bits per heavy atom. The van der Waals surface area contributed by atoms with Crippen molar-refractivity contribution in [3.05, 3.63) is 59.9 Å². The van der Waals surface area contributed by atoms with Gasteiger partial charge in [-0.2, -0.15) is 0 Å². The number of likely N-dealkylation sites (tertiary alicyclic amines) is 1. The first-order chi connectivity index (χ1) is 13.9. The smallest absolute Gasteiger partial charge is 0.267 e. The molecule has 0 bridgehead atoms. The third-order valence-corrected chi connectivity index (χ3v) is 6.73. The molecule has 1 fully saturated rings. The molecular formula is C21H27N3O4S. The Morgan fingerprint density at radius 2 is 1.79 bits per heavy atom. The molecule has 156 valence electrons. The summed E-state index contributed by atoms with van der Waals surface area (Å²) in [5.74, 6) is -0.947. The van der Waals surface area contributed by atoms with Crippen molar-refractivity contribution in [1.82, 2.24) is 15.2 Å². The van der Waals surface area contributed by atoms with Gasteiger partial charge in [0.1, 0.15) is 11.4 Å². The molecule has 0 spiro atoms. The number of hydrogen-bond acceptors (Lipinski definition) is 4. The van der Waals surface area contributed by atoms with Crippen LogP contribution in [-0.2, 0) is 21.1 Å². The Morgan fingerprint density at radius 3 is 2.45 bits per heavy atom. The summed E-state index contributed by atoms with van der Waals surface area (Å²) in [6, 6.07) is 13.2. The Hall–Kier alpha value is -2.61. The SMILES string of the molecule is O=C(NC1CCN(C(=O)CS(=O)(=O)CCCc2ccccc2)CC1)c1ccc[nH]1. The molecule has 2 N–H and O–H groups in total. The van der Waals surface area contributed by atoms with Crippen molar-refractivity contribution in [3.8, 4) is 0 Å². The van der Waals surface area contributed by atoms with Crippen molar-refractivity contribution in [1.29, 1.82) is 0 Å². The van der Waals surface area contributed by atoms with E-state index < -0.39 is 15.6 Å². The van der Waals surface area contributed by atoms with Crippen LogP contribution in [0.4, 0.5) is 0 Å². The maximum atomic E-state index is 12.4. The minimum Gasteiger partial charge on any atom is -0.357 e. The highest BCUT2D eigenvalue weighted by Crippen LogP contribution is 2.13. The molecule has 7 nitrogen and oxygen atoms in total. The van der Waals surface area contributed by atoms with Gasteiger partial charge in [0.15, 0.2) is 9.84 Å². The first-order valence-corrected chi connectivity index (χ1v) is 11.7. The van der Waals surface area contributed by atoms with Gasteiger partial charge >= 0.3 is 0 Å². The lowest BCUT2D eigenvalue weighted by Gasteiger charge is -2.32. The molecule has 0 saturated carbocycles. The van der Waals surface area contributed by atoms with Crippen LogP contribution in [-0.4, -0.2) is 60.8 Å². The van der Waals surface area contributed by atoms with E-state index in [2.05, 4.69) is 10.3 Å². The van der Waals surface area contributed by atoms with Gasteiger partial charge in [-0.3, -0.25) is 9.59 Å². The average Bonchev–Trinajstić information content (AvgIpc) is 3.24. The summed E-state index contributed by atoms with van der Waals surface area (Å²) in [6.07, 6.45) is 4.11. The number of nitrogens with zero attached hydrogens (tertiary/aromatic N) is 1. The standard InChI is InChI=1S/C21H27N3O4S/c25-20(16-29(27,28)15-5-8-17-6-2-1-3-7-17)24-13-10-18(11-14-24)23-21(26)19-9-4-12-22-19/h1-4,6-7,9,12,18,22H,5,8,10-11,13-16H2,(H,23,26). The molecule has 1 aromatic heterocycles. The highest BCUT2D eigenvalue weighted by molar-refractivity contribution is 7.92. The van der Waals surface area contributed by atoms with Gasteiger partial charge < -0.3 is 15.2 Å². The molecule has 0 aliphatic carbocycles. The lowest BCUT2D eigenvalue weighted by molar-refractivity contribution is -0.129. The van der Waals surface area contributed by atoms with Crippen molar-refractivity contribution < 1.29 is 18.0 Å². The molecule has 1 aliphatic heterocycles. The number of nitrogens with one attached hydrogen (secondary N) is 2. The second-order valence-corrected chi connectivity index (χ2v) is 9.58. The van der Waals surface area contributed by atoms with Crippen LogP contribution >= 0.6 is 0 Å². The van der Waals surface area contributed by atoms with Crippen LogP contribution < -0.4 is 5.32 Å². The summed E-state index contributed by atoms with van der Waals surface area (Å²) in [5, 5.41) is 2.95. The minimum atomic E-state index is -3.43. The Bertz CT molecular complexity index is 903. The molecule has 29 heavy (non-hydrogen) atoms. The average molecular weight is 418 g/mol. The van der Waals surface area contributed by atoms with E-state index in [0.717, 1.165) is 5.56 Å². The van der Waals surface area contributed by atoms with E-state index in [1.54, 1.807) is 23.2 Å². The topological polar surface area (TPSA) is 99.3 Å². The van der Waals surface area contributed by atoms with Crippen LogP contribution in [0.3, 0.4) is 0 Å². The maximum absolute atomic E-state index is 12.4. The van der Waals surface area contributed by atoms with E-state index in [1.807, 2.05) is 30.3 Å². The van der Waals surface area contributed by atoms with Crippen molar-refractivity contribution in [3.63, 3.8) is 0 Å². The van der Waals surface area contributed by atoms with Gasteiger partial charge in [0.25, 0.3) is 5.91 Å². The van der Waals surface area contributed by atoms with Gasteiger partial charge in [0, 0.05) is 25.3 Å². The second kappa shape index (κ2) is 9.73. The van der Waals surface area contributed by atoms with Crippen LogP contribution in [0.5, 0.6) is 0 Å². The third kappa shape index (κ3) is 6.45. The predicted molar refractivity (Wildman–Crippen MR) is 111 cm³/mol. The number of rotatable bonds is 8. The number of carbonyl (C=O) groups excluding carboxylic acids is 2. The van der Waals surface area contributed by atoms with Crippen LogP contribution in [0.15, 0.2) is 48.7 Å². The molecule has 3 rings (SSSR count). The van der Waals surface area contributed by atoms with E-state index in [0.29, 0.717) is 44.5 Å². The van der Waals surface area contributed by atoms with Crippen molar-refractivity contribution >= 4 is 21.7 Å². The van der Waals surface area contributed by atoms with E-state index in [-0.39, 0.29) is 23.6 Å². The van der Waals surface area contributed by atoms with Crippen LogP contribution in [0.25, 0.3) is 0 Å². The molecule has 0 radical (unpaired) electrons. The molecule has 2 heterocycles. The third-order valence-electron chi connectivity index (χ3n) is 5.13. The Balaban J connectivity index is 1.40. The zero-order valence-electron chi connectivity index (χ0n) is 16.3. The fourth-order valence-corrected chi connectivity index (χ4v) is 4.79. The predicted octanol–water partition coefficient (Wildman–Crippen LogP) is 1.78. The molecule has 8 heteroatoms. The quantitative estimate of drug-likeness (QED) is 0.684. The summed E-state index contributed by atoms with van der Waals surface area (Å²) >= 11 is 0. The zero-order chi connectivity index (χ0) is 20.7. The lowest BCUT2D eigenvalue weighted by atomic mass is 10.0. The summed E-state index contributed by atoms with van der Waals surface area (Å²) in [4.78, 5) is 28.9. The van der Waals surface area contributed by atoms with Crippen molar-refractivity contribution in [2.75, 3.05) is 24.6 Å². The first-order valence-electron chi connectivity index (χ1n) is 9.89. The number of aryl methyl sites for hydroxylation is 1. The molecular weight excluding hydrogens is 390 g/mol. The Labute approximate surface area is 171 Å². The van der Waals surface area contributed by atoms with Gasteiger partial charge in [0.05, 0.1) is 5.75 Å². The highest BCUT2D eigenvalue weighted by atomic mass is 32.2. The summed E-state index contributed by atoms with van der Waals surface area (Å²) in [5.41, 5.74) is 1.60. The number of H-pyrrole nitrogens is 1. The van der Waals surface area contributed by atoms with Gasteiger partial charge in [0.2, 0.25) is 5.91 Å². The zero-order valence-corrected chi connectivity index (χ0v) is 17.2. The number of aromatic nitrogens is 1. The van der Waals surface area contributed by atoms with Gasteiger partial charge in [-0.25, -0.2) is 8.42 Å². The Kier molecular flexibility index (Phi) is 7.09. The van der Waals surface area contributed by atoms with Gasteiger partial charge in [-0.1, -0.05) is 30.3 Å². The normalized spacial score (nSPS) is 15.2. The lowest BCUT2D eigenvalue weighted by Crippen LogP contribution is -2.48. The van der Waals surface area contributed by atoms with Gasteiger partial charge in [-0.05, 0) is 43.4 Å². The number of carbonyl (C=O) groups is 2. The minimum absolute atomic E-state index is 0.0102. The number of piperidine rings is 1. The molecule has 1 aliphatic rings.